The van der Waals surface area contributed by atoms with E-state index in [4.69, 9.17) is 0 Å². The second-order valence-corrected chi connectivity index (χ2v) is 4.50. The van der Waals surface area contributed by atoms with E-state index in [1.807, 2.05) is 6.07 Å². The van der Waals surface area contributed by atoms with E-state index in [0.717, 1.165) is 19.6 Å². The Kier molecular flexibility index (Phi) is 4.79. The minimum absolute atomic E-state index is 0.170. The van der Waals surface area contributed by atoms with Crippen molar-refractivity contribution in [2.45, 2.75) is 32.9 Å². The molecule has 0 spiro atoms. The van der Waals surface area contributed by atoms with Gasteiger partial charge in [0.15, 0.2) is 0 Å². The van der Waals surface area contributed by atoms with Gasteiger partial charge in [0.2, 0.25) is 0 Å². The van der Waals surface area contributed by atoms with E-state index in [9.17, 15) is 0 Å². The summed E-state index contributed by atoms with van der Waals surface area (Å²) in [4.78, 5) is 0. The van der Waals surface area contributed by atoms with E-state index in [2.05, 4.69) is 55.7 Å². The normalized spacial score (nSPS) is 11.7. The van der Waals surface area contributed by atoms with Gasteiger partial charge in [0.25, 0.3) is 0 Å². The Balaban J connectivity index is 2.27. The highest BCUT2D eigenvalue weighted by molar-refractivity contribution is 5.14. The van der Waals surface area contributed by atoms with Crippen molar-refractivity contribution >= 4 is 0 Å². The molecule has 2 heteroatoms. The molecule has 2 N–H and O–H groups in total. The molecule has 0 saturated heterocycles. The lowest BCUT2D eigenvalue weighted by molar-refractivity contribution is 0.373. The summed E-state index contributed by atoms with van der Waals surface area (Å²) in [5, 5.41) is 6.91. The lowest BCUT2D eigenvalue weighted by Gasteiger charge is -2.26. The summed E-state index contributed by atoms with van der Waals surface area (Å²) in [6.45, 7) is 9.51. The Morgan fingerprint density at radius 3 is 2.40 bits per heavy atom. The van der Waals surface area contributed by atoms with E-state index < -0.39 is 0 Å². The summed E-state index contributed by atoms with van der Waals surface area (Å²) >= 11 is 0. The predicted octanol–water partition coefficient (Wildman–Crippen LogP) is 2.16. The van der Waals surface area contributed by atoms with Crippen LogP contribution in [0.15, 0.2) is 30.3 Å². The van der Waals surface area contributed by atoms with E-state index in [1.54, 1.807) is 0 Å². The van der Waals surface area contributed by atoms with Crippen molar-refractivity contribution in [2.75, 3.05) is 13.1 Å². The van der Waals surface area contributed by atoms with E-state index in [0.29, 0.717) is 0 Å². The molecule has 0 unspecified atom stereocenters. The Morgan fingerprint density at radius 2 is 1.80 bits per heavy atom. The molecule has 1 aromatic carbocycles. The first kappa shape index (κ1) is 12.2. The third kappa shape index (κ3) is 4.96. The van der Waals surface area contributed by atoms with E-state index >= 15 is 0 Å². The second kappa shape index (κ2) is 5.89. The molecule has 2 nitrogen and oxygen atoms in total. The van der Waals surface area contributed by atoms with Gasteiger partial charge >= 0.3 is 0 Å². The maximum atomic E-state index is 3.46. The van der Waals surface area contributed by atoms with Crippen LogP contribution in [0.1, 0.15) is 26.3 Å². The smallest absolute Gasteiger partial charge is 0.0249 e. The first-order chi connectivity index (χ1) is 7.14. The van der Waals surface area contributed by atoms with Crippen LogP contribution in [0, 0.1) is 0 Å². The highest BCUT2D eigenvalue weighted by Crippen LogP contribution is 2.01. The lowest BCUT2D eigenvalue weighted by atomic mass is 10.1. The van der Waals surface area contributed by atoms with E-state index in [-0.39, 0.29) is 5.54 Å². The van der Waals surface area contributed by atoms with Crippen LogP contribution in [0.2, 0.25) is 0 Å². The van der Waals surface area contributed by atoms with Crippen LogP contribution in [0.25, 0.3) is 0 Å². The average molecular weight is 206 g/mol. The number of hydrogen-bond acceptors (Lipinski definition) is 2. The van der Waals surface area contributed by atoms with Gasteiger partial charge in [-0.2, -0.15) is 0 Å². The molecule has 0 fully saturated rings. The van der Waals surface area contributed by atoms with Gasteiger partial charge < -0.3 is 10.6 Å². The monoisotopic (exact) mass is 206 g/mol. The molecular formula is C13H22N2. The molecule has 15 heavy (non-hydrogen) atoms. The highest BCUT2D eigenvalue weighted by atomic mass is 15.0. The molecule has 0 bridgehead atoms. The van der Waals surface area contributed by atoms with Gasteiger partial charge in [-0.25, -0.2) is 0 Å². The summed E-state index contributed by atoms with van der Waals surface area (Å²) in [6, 6.07) is 10.5. The fourth-order valence-electron chi connectivity index (χ4n) is 1.66. The maximum Gasteiger partial charge on any atom is 0.0249 e. The Labute approximate surface area is 93.1 Å². The van der Waals surface area contributed by atoms with Crippen LogP contribution >= 0.6 is 0 Å². The van der Waals surface area contributed by atoms with E-state index in [1.165, 1.54) is 5.56 Å². The highest BCUT2D eigenvalue weighted by Gasteiger charge is 2.14. The number of nitrogens with one attached hydrogen (secondary N) is 2. The molecule has 0 atom stereocenters. The predicted molar refractivity (Wildman–Crippen MR) is 65.9 cm³/mol. The van der Waals surface area contributed by atoms with Crippen LogP contribution in [0.3, 0.4) is 0 Å². The molecule has 0 radical (unpaired) electrons. The molecule has 1 aromatic rings. The zero-order valence-corrected chi connectivity index (χ0v) is 10.0. The zero-order valence-electron chi connectivity index (χ0n) is 10.0. The van der Waals surface area contributed by atoms with Gasteiger partial charge in [-0.15, -0.1) is 0 Å². The van der Waals surface area contributed by atoms with Crippen molar-refractivity contribution in [1.82, 2.24) is 10.6 Å². The van der Waals surface area contributed by atoms with Crippen molar-refractivity contribution in [2.24, 2.45) is 0 Å². The molecule has 0 aliphatic rings. The van der Waals surface area contributed by atoms with Gasteiger partial charge in [-0.3, -0.25) is 0 Å². The summed E-state index contributed by atoms with van der Waals surface area (Å²) in [6.07, 6.45) is 0. The van der Waals surface area contributed by atoms with Crippen molar-refractivity contribution in [3.8, 4) is 0 Å². The van der Waals surface area contributed by atoms with Crippen LogP contribution in [0.5, 0.6) is 0 Å². The third-order valence-corrected chi connectivity index (χ3v) is 2.39. The number of rotatable bonds is 6. The Bertz CT molecular complexity index is 267. The van der Waals surface area contributed by atoms with Gasteiger partial charge in [0.1, 0.15) is 0 Å². The van der Waals surface area contributed by atoms with Crippen LogP contribution in [-0.2, 0) is 6.54 Å². The minimum Gasteiger partial charge on any atom is -0.311 e. The molecule has 0 amide bonds. The molecule has 0 aliphatic carbocycles. The largest absolute Gasteiger partial charge is 0.311 e. The number of benzene rings is 1. The van der Waals surface area contributed by atoms with Gasteiger partial charge in [0.05, 0.1) is 0 Å². The standard InChI is InChI=1S/C13H22N2/c1-4-15-13(2,3)11-14-10-12-8-6-5-7-9-12/h5-9,14-15H,4,10-11H2,1-3H3. The molecule has 0 heterocycles. The van der Waals surface area contributed by atoms with Crippen LogP contribution in [-0.4, -0.2) is 18.6 Å². The Morgan fingerprint density at radius 1 is 1.13 bits per heavy atom. The summed E-state index contributed by atoms with van der Waals surface area (Å²) < 4.78 is 0. The third-order valence-electron chi connectivity index (χ3n) is 2.39. The van der Waals surface area contributed by atoms with Crippen molar-refractivity contribution in [3.05, 3.63) is 35.9 Å². The molecule has 0 aliphatic heterocycles. The average Bonchev–Trinajstić information content (AvgIpc) is 2.19. The zero-order chi connectivity index (χ0) is 11.1. The fourth-order valence-corrected chi connectivity index (χ4v) is 1.66. The fraction of sp³-hybridized carbons (Fsp3) is 0.538. The molecular weight excluding hydrogens is 184 g/mol. The van der Waals surface area contributed by atoms with Crippen molar-refractivity contribution < 1.29 is 0 Å². The lowest BCUT2D eigenvalue weighted by Crippen LogP contribution is -2.47. The summed E-state index contributed by atoms with van der Waals surface area (Å²) in [5.74, 6) is 0. The Hall–Kier alpha value is -0.860. The SMILES string of the molecule is CCNC(C)(C)CNCc1ccccc1. The van der Waals surface area contributed by atoms with Gasteiger partial charge in [-0.05, 0) is 26.0 Å². The van der Waals surface area contributed by atoms with Crippen LogP contribution < -0.4 is 10.6 Å². The number of likely N-dealkylation sites (N-methyl/N-ethyl adjacent to an activating group) is 1. The molecule has 84 valence electrons. The number of hydrogen-bond donors (Lipinski definition) is 2. The van der Waals surface area contributed by atoms with Gasteiger partial charge in [0, 0.05) is 18.6 Å². The van der Waals surface area contributed by atoms with Crippen molar-refractivity contribution in [1.29, 1.82) is 0 Å². The first-order valence-electron chi connectivity index (χ1n) is 5.64. The molecule has 1 rings (SSSR count). The second-order valence-electron chi connectivity index (χ2n) is 4.50. The summed E-state index contributed by atoms with van der Waals surface area (Å²) in [5.41, 5.74) is 1.51. The topological polar surface area (TPSA) is 24.1 Å². The molecule has 0 saturated carbocycles. The molecule has 0 aromatic heterocycles. The van der Waals surface area contributed by atoms with Crippen molar-refractivity contribution in [3.63, 3.8) is 0 Å². The minimum atomic E-state index is 0.170. The van der Waals surface area contributed by atoms with Gasteiger partial charge in [-0.1, -0.05) is 37.3 Å². The quantitative estimate of drug-likeness (QED) is 0.745. The maximum absolute atomic E-state index is 3.46. The van der Waals surface area contributed by atoms with Crippen LogP contribution in [0.4, 0.5) is 0 Å². The first-order valence-corrected chi connectivity index (χ1v) is 5.64. The summed E-state index contributed by atoms with van der Waals surface area (Å²) in [7, 11) is 0.